The third-order valence-electron chi connectivity index (χ3n) is 3.38. The van der Waals surface area contributed by atoms with Crippen molar-refractivity contribution in [3.05, 3.63) is 66.2 Å². The van der Waals surface area contributed by atoms with Gasteiger partial charge in [0, 0.05) is 28.7 Å². The minimum absolute atomic E-state index is 0.284. The molecular formula is C17H16N2O. The summed E-state index contributed by atoms with van der Waals surface area (Å²) in [6.07, 6.45) is 0. The Morgan fingerprint density at radius 2 is 1.55 bits per heavy atom. The van der Waals surface area contributed by atoms with Crippen molar-refractivity contribution >= 4 is 22.1 Å². The van der Waals surface area contributed by atoms with Gasteiger partial charge in [-0.05, 0) is 29.8 Å². The Kier molecular flexibility index (Phi) is 3.17. The van der Waals surface area contributed by atoms with E-state index in [1.165, 1.54) is 0 Å². The van der Waals surface area contributed by atoms with Crippen LogP contribution < -0.4 is 11.1 Å². The molecular weight excluding hydrogens is 248 g/mol. The first-order valence-corrected chi connectivity index (χ1v) is 6.53. The van der Waals surface area contributed by atoms with Gasteiger partial charge in [-0.25, -0.2) is 0 Å². The molecule has 0 amide bonds. The molecule has 20 heavy (non-hydrogen) atoms. The van der Waals surface area contributed by atoms with Crippen LogP contribution in [0.1, 0.15) is 5.56 Å². The molecule has 3 nitrogen and oxygen atoms in total. The van der Waals surface area contributed by atoms with E-state index in [1.807, 2.05) is 42.5 Å². The number of nitrogens with two attached hydrogens (primary N) is 1. The molecule has 0 atom stereocenters. The lowest BCUT2D eigenvalue weighted by molar-refractivity contribution is 0.475. The van der Waals surface area contributed by atoms with Crippen LogP contribution in [0, 0.1) is 0 Å². The maximum absolute atomic E-state index is 9.28. The van der Waals surface area contributed by atoms with E-state index in [1.54, 1.807) is 12.1 Å². The van der Waals surface area contributed by atoms with Crippen LogP contribution in [0.25, 0.3) is 10.8 Å². The summed E-state index contributed by atoms with van der Waals surface area (Å²) in [4.78, 5) is 0. The zero-order valence-corrected chi connectivity index (χ0v) is 11.0. The number of aromatic hydroxyl groups is 1. The maximum Gasteiger partial charge on any atom is 0.115 e. The Labute approximate surface area is 117 Å². The highest BCUT2D eigenvalue weighted by Gasteiger charge is 2.03. The molecule has 3 rings (SSSR count). The van der Waals surface area contributed by atoms with Gasteiger partial charge in [-0.15, -0.1) is 0 Å². The van der Waals surface area contributed by atoms with Gasteiger partial charge in [0.15, 0.2) is 0 Å². The van der Waals surface area contributed by atoms with E-state index >= 15 is 0 Å². The molecule has 4 N–H and O–H groups in total. The molecule has 0 aliphatic heterocycles. The molecule has 100 valence electrons. The van der Waals surface area contributed by atoms with Crippen molar-refractivity contribution in [3.63, 3.8) is 0 Å². The largest absolute Gasteiger partial charge is 0.508 e. The number of phenolic OH excluding ortho intramolecular Hbond substituents is 1. The molecule has 0 aliphatic carbocycles. The second kappa shape index (κ2) is 5.13. The average Bonchev–Trinajstić information content (AvgIpc) is 2.49. The quantitative estimate of drug-likeness (QED) is 0.632. The average molecular weight is 264 g/mol. The van der Waals surface area contributed by atoms with E-state index in [0.29, 0.717) is 6.54 Å². The summed E-state index contributed by atoms with van der Waals surface area (Å²) in [5, 5.41) is 14.9. The van der Waals surface area contributed by atoms with Crippen LogP contribution in [-0.2, 0) is 6.54 Å². The topological polar surface area (TPSA) is 58.3 Å². The summed E-state index contributed by atoms with van der Waals surface area (Å²) < 4.78 is 0. The fraction of sp³-hybridized carbons (Fsp3) is 0.0588. The second-order valence-corrected chi connectivity index (χ2v) is 4.77. The van der Waals surface area contributed by atoms with E-state index in [4.69, 9.17) is 5.73 Å². The lowest BCUT2D eigenvalue weighted by Gasteiger charge is -2.11. The van der Waals surface area contributed by atoms with E-state index in [2.05, 4.69) is 11.4 Å². The predicted octanol–water partition coefficient (Wildman–Crippen LogP) is 3.74. The molecule has 0 saturated heterocycles. The van der Waals surface area contributed by atoms with E-state index < -0.39 is 0 Å². The van der Waals surface area contributed by atoms with Gasteiger partial charge in [-0.1, -0.05) is 36.4 Å². The Hall–Kier alpha value is -2.68. The Morgan fingerprint density at radius 1 is 0.850 bits per heavy atom. The number of hydrogen-bond donors (Lipinski definition) is 3. The van der Waals surface area contributed by atoms with Crippen LogP contribution in [0.3, 0.4) is 0 Å². The van der Waals surface area contributed by atoms with E-state index in [9.17, 15) is 5.11 Å². The number of fused-ring (bicyclic) bond motifs is 1. The molecule has 0 bridgehead atoms. The van der Waals surface area contributed by atoms with Gasteiger partial charge in [0.25, 0.3) is 0 Å². The summed E-state index contributed by atoms with van der Waals surface area (Å²) in [5.74, 6) is 0.284. The normalized spacial score (nSPS) is 10.6. The molecule has 3 aromatic carbocycles. The zero-order chi connectivity index (χ0) is 13.9. The van der Waals surface area contributed by atoms with Gasteiger partial charge >= 0.3 is 0 Å². The first-order valence-electron chi connectivity index (χ1n) is 6.53. The van der Waals surface area contributed by atoms with E-state index in [-0.39, 0.29) is 5.75 Å². The van der Waals surface area contributed by atoms with Crippen molar-refractivity contribution in [2.45, 2.75) is 6.54 Å². The second-order valence-electron chi connectivity index (χ2n) is 4.77. The van der Waals surface area contributed by atoms with Crippen LogP contribution in [-0.4, -0.2) is 5.11 Å². The van der Waals surface area contributed by atoms with Gasteiger partial charge in [-0.3, -0.25) is 0 Å². The van der Waals surface area contributed by atoms with Crippen molar-refractivity contribution < 1.29 is 5.11 Å². The van der Waals surface area contributed by atoms with Crippen molar-refractivity contribution in [3.8, 4) is 5.75 Å². The molecule has 3 aromatic rings. The summed E-state index contributed by atoms with van der Waals surface area (Å²) in [6, 6.07) is 19.2. The van der Waals surface area contributed by atoms with Gasteiger partial charge in [0.2, 0.25) is 0 Å². The highest BCUT2D eigenvalue weighted by atomic mass is 16.3. The third-order valence-corrected chi connectivity index (χ3v) is 3.38. The number of rotatable bonds is 3. The van der Waals surface area contributed by atoms with Crippen LogP contribution in [0.4, 0.5) is 11.4 Å². The predicted molar refractivity (Wildman–Crippen MR) is 83.8 cm³/mol. The molecule has 0 heterocycles. The molecule has 0 aliphatic rings. The zero-order valence-electron chi connectivity index (χ0n) is 11.0. The minimum Gasteiger partial charge on any atom is -0.508 e. The van der Waals surface area contributed by atoms with Gasteiger partial charge in [0.05, 0.1) is 0 Å². The molecule has 3 heteroatoms. The number of hydrogen-bond acceptors (Lipinski definition) is 3. The minimum atomic E-state index is 0.284. The molecule has 0 aromatic heterocycles. The van der Waals surface area contributed by atoms with Crippen LogP contribution in [0.15, 0.2) is 60.7 Å². The highest BCUT2D eigenvalue weighted by Crippen LogP contribution is 2.28. The van der Waals surface area contributed by atoms with Crippen molar-refractivity contribution in [1.82, 2.24) is 0 Å². The first-order chi connectivity index (χ1) is 9.74. The lowest BCUT2D eigenvalue weighted by atomic mass is 10.1. The Balaban J connectivity index is 1.88. The SMILES string of the molecule is Nc1ccc(NCc2ccc(O)cc2)c2ccccc12. The number of phenols is 1. The fourth-order valence-corrected chi connectivity index (χ4v) is 2.29. The number of nitrogens with one attached hydrogen (secondary N) is 1. The third kappa shape index (κ3) is 2.38. The molecule has 0 saturated carbocycles. The summed E-state index contributed by atoms with van der Waals surface area (Å²) in [5.41, 5.74) is 8.95. The monoisotopic (exact) mass is 264 g/mol. The summed E-state index contributed by atoms with van der Waals surface area (Å²) >= 11 is 0. The summed E-state index contributed by atoms with van der Waals surface area (Å²) in [7, 11) is 0. The molecule has 0 fully saturated rings. The van der Waals surface area contributed by atoms with E-state index in [0.717, 1.165) is 27.7 Å². The number of benzene rings is 3. The first kappa shape index (κ1) is 12.4. The van der Waals surface area contributed by atoms with Gasteiger partial charge < -0.3 is 16.2 Å². The lowest BCUT2D eigenvalue weighted by Crippen LogP contribution is -2.00. The Bertz CT molecular complexity index is 736. The van der Waals surface area contributed by atoms with Gasteiger partial charge in [0.1, 0.15) is 5.75 Å². The fourth-order valence-electron chi connectivity index (χ4n) is 2.29. The van der Waals surface area contributed by atoms with Crippen molar-refractivity contribution in [2.24, 2.45) is 0 Å². The van der Waals surface area contributed by atoms with Crippen LogP contribution >= 0.6 is 0 Å². The number of anilines is 2. The van der Waals surface area contributed by atoms with Crippen molar-refractivity contribution in [2.75, 3.05) is 11.1 Å². The molecule has 0 unspecified atom stereocenters. The van der Waals surface area contributed by atoms with Crippen molar-refractivity contribution in [1.29, 1.82) is 0 Å². The molecule has 0 radical (unpaired) electrons. The maximum atomic E-state index is 9.28. The standard InChI is InChI=1S/C17H16N2O/c18-16-9-10-17(15-4-2-1-3-14(15)16)19-11-12-5-7-13(20)8-6-12/h1-10,19-20H,11,18H2. The van der Waals surface area contributed by atoms with Crippen LogP contribution in [0.5, 0.6) is 5.75 Å². The Morgan fingerprint density at radius 3 is 2.30 bits per heavy atom. The summed E-state index contributed by atoms with van der Waals surface area (Å²) in [6.45, 7) is 0.703. The smallest absolute Gasteiger partial charge is 0.115 e. The number of nitrogen functional groups attached to an aromatic ring is 1. The van der Waals surface area contributed by atoms with Gasteiger partial charge in [-0.2, -0.15) is 0 Å². The molecule has 0 spiro atoms. The highest BCUT2D eigenvalue weighted by molar-refractivity contribution is 6.01. The van der Waals surface area contributed by atoms with Crippen LogP contribution in [0.2, 0.25) is 0 Å².